The second-order valence-electron chi connectivity index (χ2n) is 6.98. The number of pyridine rings is 2. The van der Waals surface area contributed by atoms with Crippen LogP contribution in [-0.4, -0.2) is 58.6 Å². The maximum absolute atomic E-state index is 12.5. The Morgan fingerprint density at radius 2 is 1.82 bits per heavy atom. The lowest BCUT2D eigenvalue weighted by atomic mass is 10.2. The SMILES string of the molecule is O=C(Oc1ccc2cccnc2c1)N1CCN(CCCc2ccccn2)CC1. The zero-order chi connectivity index (χ0) is 19.2. The van der Waals surface area contributed by atoms with Crippen LogP contribution in [0.2, 0.25) is 0 Å². The third kappa shape index (κ3) is 4.64. The highest BCUT2D eigenvalue weighted by atomic mass is 16.6. The summed E-state index contributed by atoms with van der Waals surface area (Å²) in [5.74, 6) is 0.536. The summed E-state index contributed by atoms with van der Waals surface area (Å²) >= 11 is 0. The minimum Gasteiger partial charge on any atom is -0.410 e. The van der Waals surface area contributed by atoms with Crippen LogP contribution in [0, 0.1) is 0 Å². The van der Waals surface area contributed by atoms with Crippen LogP contribution < -0.4 is 4.74 Å². The first-order chi connectivity index (χ1) is 13.8. The molecular formula is C22H24N4O2. The Labute approximate surface area is 164 Å². The third-order valence-electron chi connectivity index (χ3n) is 5.05. The molecule has 0 spiro atoms. The molecule has 28 heavy (non-hydrogen) atoms. The van der Waals surface area contributed by atoms with Crippen molar-refractivity contribution in [2.45, 2.75) is 12.8 Å². The van der Waals surface area contributed by atoms with Crippen LogP contribution in [-0.2, 0) is 6.42 Å². The highest BCUT2D eigenvalue weighted by molar-refractivity contribution is 5.81. The molecule has 6 heteroatoms. The van der Waals surface area contributed by atoms with Gasteiger partial charge in [0.25, 0.3) is 0 Å². The molecule has 1 aliphatic rings. The summed E-state index contributed by atoms with van der Waals surface area (Å²) in [6.45, 7) is 4.14. The molecule has 0 saturated carbocycles. The van der Waals surface area contributed by atoms with E-state index in [4.69, 9.17) is 4.74 Å². The molecule has 1 aromatic carbocycles. The van der Waals surface area contributed by atoms with E-state index in [9.17, 15) is 4.79 Å². The predicted molar refractivity (Wildman–Crippen MR) is 108 cm³/mol. The monoisotopic (exact) mass is 376 g/mol. The van der Waals surface area contributed by atoms with Gasteiger partial charge in [-0.1, -0.05) is 12.1 Å². The molecule has 3 aromatic rings. The second kappa shape index (κ2) is 8.80. The molecule has 3 heterocycles. The van der Waals surface area contributed by atoms with Crippen molar-refractivity contribution in [1.82, 2.24) is 19.8 Å². The first kappa shape index (κ1) is 18.4. The molecule has 0 aliphatic carbocycles. The van der Waals surface area contributed by atoms with E-state index in [0.29, 0.717) is 18.8 Å². The zero-order valence-electron chi connectivity index (χ0n) is 15.8. The summed E-state index contributed by atoms with van der Waals surface area (Å²) in [6, 6.07) is 15.5. The first-order valence-electron chi connectivity index (χ1n) is 9.72. The zero-order valence-corrected chi connectivity index (χ0v) is 15.8. The number of carbonyl (C=O) groups excluding carboxylic acids is 1. The van der Waals surface area contributed by atoms with Gasteiger partial charge in [0.2, 0.25) is 0 Å². The second-order valence-corrected chi connectivity index (χ2v) is 6.98. The predicted octanol–water partition coefficient (Wildman–Crippen LogP) is 3.38. The fourth-order valence-corrected chi connectivity index (χ4v) is 3.46. The molecule has 1 saturated heterocycles. The Morgan fingerprint density at radius 3 is 2.64 bits per heavy atom. The van der Waals surface area contributed by atoms with Gasteiger partial charge < -0.3 is 9.64 Å². The van der Waals surface area contributed by atoms with Gasteiger partial charge in [0, 0.05) is 55.7 Å². The highest BCUT2D eigenvalue weighted by Gasteiger charge is 2.22. The largest absolute Gasteiger partial charge is 0.415 e. The van der Waals surface area contributed by atoms with Crippen molar-refractivity contribution >= 4 is 17.0 Å². The smallest absolute Gasteiger partial charge is 0.410 e. The van der Waals surface area contributed by atoms with Gasteiger partial charge in [0.15, 0.2) is 0 Å². The summed E-state index contributed by atoms with van der Waals surface area (Å²) in [7, 11) is 0. The lowest BCUT2D eigenvalue weighted by Gasteiger charge is -2.34. The topological polar surface area (TPSA) is 58.6 Å². The van der Waals surface area contributed by atoms with E-state index in [-0.39, 0.29) is 6.09 Å². The Morgan fingerprint density at radius 1 is 0.964 bits per heavy atom. The number of piperazine rings is 1. The van der Waals surface area contributed by atoms with Gasteiger partial charge in [-0.3, -0.25) is 14.9 Å². The molecule has 0 bridgehead atoms. The molecule has 0 N–H and O–H groups in total. The molecule has 1 aliphatic heterocycles. The lowest BCUT2D eigenvalue weighted by molar-refractivity contribution is 0.110. The van der Waals surface area contributed by atoms with E-state index in [1.54, 1.807) is 17.2 Å². The summed E-state index contributed by atoms with van der Waals surface area (Å²) in [5.41, 5.74) is 1.96. The summed E-state index contributed by atoms with van der Waals surface area (Å²) in [6.07, 6.45) is 5.35. The Kier molecular flexibility index (Phi) is 5.77. The number of rotatable bonds is 5. The van der Waals surface area contributed by atoms with Crippen molar-refractivity contribution in [3.05, 3.63) is 66.6 Å². The van der Waals surface area contributed by atoms with Gasteiger partial charge in [-0.25, -0.2) is 4.79 Å². The first-order valence-corrected chi connectivity index (χ1v) is 9.72. The van der Waals surface area contributed by atoms with Crippen LogP contribution in [0.15, 0.2) is 60.9 Å². The van der Waals surface area contributed by atoms with Crippen molar-refractivity contribution in [2.75, 3.05) is 32.7 Å². The van der Waals surface area contributed by atoms with Gasteiger partial charge in [0.05, 0.1) is 5.52 Å². The number of carbonyl (C=O) groups is 1. The van der Waals surface area contributed by atoms with Gasteiger partial charge in [0.1, 0.15) is 5.75 Å². The summed E-state index contributed by atoms with van der Waals surface area (Å²) < 4.78 is 5.56. The number of nitrogens with zero attached hydrogens (tertiary/aromatic N) is 4. The molecule has 144 valence electrons. The van der Waals surface area contributed by atoms with Gasteiger partial charge in [-0.2, -0.15) is 0 Å². The lowest BCUT2D eigenvalue weighted by Crippen LogP contribution is -2.49. The van der Waals surface area contributed by atoms with E-state index in [2.05, 4.69) is 20.9 Å². The number of amides is 1. The molecule has 0 atom stereocenters. The Balaban J connectivity index is 1.23. The number of ether oxygens (including phenoxy) is 1. The van der Waals surface area contributed by atoms with Gasteiger partial charge >= 0.3 is 6.09 Å². The van der Waals surface area contributed by atoms with Gasteiger partial charge in [-0.05, 0) is 49.7 Å². The molecule has 4 rings (SSSR count). The third-order valence-corrected chi connectivity index (χ3v) is 5.05. The maximum Gasteiger partial charge on any atom is 0.415 e. The molecule has 0 radical (unpaired) electrons. The normalized spacial score (nSPS) is 14.9. The van der Waals surface area contributed by atoms with Crippen LogP contribution in [0.4, 0.5) is 4.79 Å². The molecule has 2 aromatic heterocycles. The standard InChI is InChI=1S/C22H24N4O2/c27-22(28-20-9-8-18-5-3-11-24-21(18)17-20)26-15-13-25(14-16-26)12-4-7-19-6-1-2-10-23-19/h1-3,5-6,8-11,17H,4,7,12-16H2. The van der Waals surface area contributed by atoms with Gasteiger partial charge in [-0.15, -0.1) is 0 Å². The van der Waals surface area contributed by atoms with E-state index < -0.39 is 0 Å². The van der Waals surface area contributed by atoms with Crippen molar-refractivity contribution < 1.29 is 9.53 Å². The average molecular weight is 376 g/mol. The summed E-state index contributed by atoms with van der Waals surface area (Å²) in [5, 5.41) is 1.03. The van der Waals surface area contributed by atoms with Crippen LogP contribution in [0.5, 0.6) is 5.75 Å². The summed E-state index contributed by atoms with van der Waals surface area (Å²) in [4.78, 5) is 25.3. The van der Waals surface area contributed by atoms with Crippen molar-refractivity contribution in [1.29, 1.82) is 0 Å². The molecular weight excluding hydrogens is 352 g/mol. The van der Waals surface area contributed by atoms with E-state index in [1.807, 2.05) is 42.6 Å². The van der Waals surface area contributed by atoms with Crippen LogP contribution in [0.1, 0.15) is 12.1 Å². The number of fused-ring (bicyclic) bond motifs is 1. The quantitative estimate of drug-likeness (QED) is 0.683. The minimum atomic E-state index is -0.289. The molecule has 1 amide bonds. The number of benzene rings is 1. The minimum absolute atomic E-state index is 0.289. The van der Waals surface area contributed by atoms with Crippen molar-refractivity contribution in [2.24, 2.45) is 0 Å². The van der Waals surface area contributed by atoms with E-state index >= 15 is 0 Å². The number of hydrogen-bond donors (Lipinski definition) is 0. The Hall–Kier alpha value is -2.99. The highest BCUT2D eigenvalue weighted by Crippen LogP contribution is 2.19. The fraction of sp³-hybridized carbons (Fsp3) is 0.318. The van der Waals surface area contributed by atoms with E-state index in [1.165, 1.54) is 0 Å². The van der Waals surface area contributed by atoms with E-state index in [0.717, 1.165) is 49.1 Å². The maximum atomic E-state index is 12.5. The average Bonchev–Trinajstić information content (AvgIpc) is 2.75. The number of aryl methyl sites for hydroxylation is 1. The van der Waals surface area contributed by atoms with Crippen molar-refractivity contribution in [3.8, 4) is 5.75 Å². The molecule has 1 fully saturated rings. The van der Waals surface area contributed by atoms with Crippen molar-refractivity contribution in [3.63, 3.8) is 0 Å². The van der Waals surface area contributed by atoms with Crippen LogP contribution >= 0.6 is 0 Å². The van der Waals surface area contributed by atoms with Crippen LogP contribution in [0.3, 0.4) is 0 Å². The fourth-order valence-electron chi connectivity index (χ4n) is 3.46. The Bertz CT molecular complexity index is 924. The van der Waals surface area contributed by atoms with Crippen LogP contribution in [0.25, 0.3) is 10.9 Å². The molecule has 0 unspecified atom stereocenters. The number of aromatic nitrogens is 2. The molecule has 6 nitrogen and oxygen atoms in total. The number of hydrogen-bond acceptors (Lipinski definition) is 5.